The van der Waals surface area contributed by atoms with E-state index in [1.54, 1.807) is 0 Å². The molecule has 90 valence electrons. The Morgan fingerprint density at radius 3 is 2.40 bits per heavy atom. The first-order chi connectivity index (χ1) is 6.99. The summed E-state index contributed by atoms with van der Waals surface area (Å²) in [6.45, 7) is -1.05. The van der Waals surface area contributed by atoms with E-state index in [0.717, 1.165) is 12.8 Å². The minimum absolute atomic E-state index is 0.000679. The molecule has 1 aliphatic rings. The summed E-state index contributed by atoms with van der Waals surface area (Å²) in [6, 6.07) is 0.000679. The molecule has 1 fully saturated rings. The second-order valence-electron chi connectivity index (χ2n) is 4.16. The second-order valence-corrected chi connectivity index (χ2v) is 4.16. The van der Waals surface area contributed by atoms with E-state index >= 15 is 0 Å². The monoisotopic (exact) mass is 225 g/mol. The number of ether oxygens (including phenoxy) is 1. The van der Waals surface area contributed by atoms with Crippen molar-refractivity contribution in [3.8, 4) is 0 Å². The summed E-state index contributed by atoms with van der Waals surface area (Å²) in [5.74, 6) is 0.486. The van der Waals surface area contributed by atoms with Crippen LogP contribution in [0.2, 0.25) is 0 Å². The summed E-state index contributed by atoms with van der Waals surface area (Å²) in [6.07, 6.45) is 0.919. The second kappa shape index (κ2) is 5.70. The minimum atomic E-state index is -4.22. The summed E-state index contributed by atoms with van der Waals surface area (Å²) in [5.41, 5.74) is 5.87. The van der Waals surface area contributed by atoms with E-state index in [4.69, 9.17) is 5.73 Å². The Labute approximate surface area is 88.0 Å². The van der Waals surface area contributed by atoms with Crippen molar-refractivity contribution in [1.29, 1.82) is 0 Å². The van der Waals surface area contributed by atoms with Gasteiger partial charge in [0.2, 0.25) is 0 Å². The van der Waals surface area contributed by atoms with Crippen LogP contribution in [0.4, 0.5) is 13.2 Å². The Morgan fingerprint density at radius 2 is 1.87 bits per heavy atom. The van der Waals surface area contributed by atoms with Crippen LogP contribution in [0, 0.1) is 5.92 Å². The van der Waals surface area contributed by atoms with Crippen LogP contribution in [0.1, 0.15) is 32.1 Å². The highest BCUT2D eigenvalue weighted by atomic mass is 19.4. The van der Waals surface area contributed by atoms with E-state index in [1.807, 2.05) is 0 Å². The quantitative estimate of drug-likeness (QED) is 0.729. The summed E-state index contributed by atoms with van der Waals surface area (Å²) in [4.78, 5) is 0. The van der Waals surface area contributed by atoms with Gasteiger partial charge in [0.25, 0.3) is 0 Å². The van der Waals surface area contributed by atoms with Gasteiger partial charge in [-0.3, -0.25) is 0 Å². The van der Waals surface area contributed by atoms with Crippen LogP contribution >= 0.6 is 0 Å². The smallest absolute Gasteiger partial charge is 0.372 e. The van der Waals surface area contributed by atoms with E-state index in [0.29, 0.717) is 12.3 Å². The molecule has 1 aliphatic carbocycles. The highest BCUT2D eigenvalue weighted by molar-refractivity contribution is 4.77. The van der Waals surface area contributed by atoms with Crippen molar-refractivity contribution < 1.29 is 17.9 Å². The van der Waals surface area contributed by atoms with Crippen LogP contribution in [0.3, 0.4) is 0 Å². The van der Waals surface area contributed by atoms with Crippen LogP contribution < -0.4 is 5.73 Å². The van der Waals surface area contributed by atoms with E-state index < -0.39 is 12.8 Å². The summed E-state index contributed by atoms with van der Waals surface area (Å²) < 4.78 is 39.7. The maximum atomic E-state index is 11.7. The van der Waals surface area contributed by atoms with Gasteiger partial charge >= 0.3 is 6.18 Å². The lowest BCUT2D eigenvalue weighted by Gasteiger charge is -2.18. The fourth-order valence-electron chi connectivity index (χ4n) is 2.03. The van der Waals surface area contributed by atoms with Crippen molar-refractivity contribution in [1.82, 2.24) is 0 Å². The van der Waals surface area contributed by atoms with Crippen molar-refractivity contribution in [2.24, 2.45) is 11.7 Å². The third-order valence-electron chi connectivity index (χ3n) is 2.87. The normalized spacial score (nSPS) is 20.8. The Kier molecular flexibility index (Phi) is 4.86. The van der Waals surface area contributed by atoms with Crippen molar-refractivity contribution in [2.75, 3.05) is 13.2 Å². The highest BCUT2D eigenvalue weighted by Gasteiger charge is 2.27. The Balaban J connectivity index is 2.04. The zero-order valence-corrected chi connectivity index (χ0v) is 8.72. The third-order valence-corrected chi connectivity index (χ3v) is 2.87. The molecule has 0 spiro atoms. The van der Waals surface area contributed by atoms with Crippen molar-refractivity contribution >= 4 is 0 Å². The molecule has 0 aromatic rings. The molecule has 0 saturated heterocycles. The van der Waals surface area contributed by atoms with Crippen molar-refractivity contribution in [3.63, 3.8) is 0 Å². The van der Waals surface area contributed by atoms with Gasteiger partial charge in [-0.15, -0.1) is 0 Å². The van der Waals surface area contributed by atoms with E-state index in [2.05, 4.69) is 4.74 Å². The van der Waals surface area contributed by atoms with Gasteiger partial charge in [0, 0.05) is 12.6 Å². The van der Waals surface area contributed by atoms with Crippen LogP contribution in [0.5, 0.6) is 0 Å². The largest absolute Gasteiger partial charge is 0.411 e. The average molecular weight is 225 g/mol. The number of hydrogen-bond acceptors (Lipinski definition) is 2. The molecule has 0 aromatic carbocycles. The third kappa shape index (κ3) is 5.37. The lowest BCUT2D eigenvalue weighted by Crippen LogP contribution is -2.30. The molecule has 0 aromatic heterocycles. The van der Waals surface area contributed by atoms with Crippen LogP contribution in [0.25, 0.3) is 0 Å². The van der Waals surface area contributed by atoms with Gasteiger partial charge in [-0.25, -0.2) is 0 Å². The SMILES string of the molecule is NC(CCOCC(F)(F)F)C1CCCC1. The van der Waals surface area contributed by atoms with E-state index in [9.17, 15) is 13.2 Å². The maximum absolute atomic E-state index is 11.7. The first-order valence-electron chi connectivity index (χ1n) is 5.39. The number of rotatable bonds is 5. The topological polar surface area (TPSA) is 35.2 Å². The predicted molar refractivity (Wildman–Crippen MR) is 51.4 cm³/mol. The number of alkyl halides is 3. The van der Waals surface area contributed by atoms with Gasteiger partial charge in [-0.2, -0.15) is 13.2 Å². The molecule has 2 nitrogen and oxygen atoms in total. The molecular weight excluding hydrogens is 207 g/mol. The van der Waals surface area contributed by atoms with Gasteiger partial charge in [0.1, 0.15) is 6.61 Å². The van der Waals surface area contributed by atoms with E-state index in [-0.39, 0.29) is 12.6 Å². The number of hydrogen-bond donors (Lipinski definition) is 1. The van der Waals surface area contributed by atoms with E-state index in [1.165, 1.54) is 12.8 Å². The van der Waals surface area contributed by atoms with Crippen LogP contribution in [-0.2, 0) is 4.74 Å². The molecule has 2 N–H and O–H groups in total. The van der Waals surface area contributed by atoms with Crippen molar-refractivity contribution in [2.45, 2.75) is 44.3 Å². The number of halogens is 3. The summed E-state index contributed by atoms with van der Waals surface area (Å²) in [5, 5.41) is 0. The first-order valence-corrected chi connectivity index (χ1v) is 5.39. The fourth-order valence-corrected chi connectivity index (χ4v) is 2.03. The molecular formula is C10H18F3NO. The number of nitrogens with two attached hydrogens (primary N) is 1. The van der Waals surface area contributed by atoms with Crippen LogP contribution in [-0.4, -0.2) is 25.4 Å². The first kappa shape index (κ1) is 12.8. The van der Waals surface area contributed by atoms with Gasteiger partial charge in [0.15, 0.2) is 0 Å². The summed E-state index contributed by atoms with van der Waals surface area (Å²) >= 11 is 0. The Morgan fingerprint density at radius 1 is 1.27 bits per heavy atom. The summed E-state index contributed by atoms with van der Waals surface area (Å²) in [7, 11) is 0. The van der Waals surface area contributed by atoms with Gasteiger partial charge in [0.05, 0.1) is 0 Å². The molecule has 0 aliphatic heterocycles. The Hall–Kier alpha value is -0.290. The van der Waals surface area contributed by atoms with Gasteiger partial charge in [-0.05, 0) is 25.2 Å². The molecule has 1 rings (SSSR count). The lowest BCUT2D eigenvalue weighted by atomic mass is 9.97. The zero-order valence-electron chi connectivity index (χ0n) is 8.72. The molecule has 1 atom stereocenters. The standard InChI is InChI=1S/C10H18F3NO/c11-10(12,13)7-15-6-5-9(14)8-3-1-2-4-8/h8-9H,1-7,14H2. The van der Waals surface area contributed by atoms with Crippen molar-refractivity contribution in [3.05, 3.63) is 0 Å². The molecule has 1 unspecified atom stereocenters. The molecule has 0 heterocycles. The molecule has 0 bridgehead atoms. The predicted octanol–water partition coefficient (Wildman–Crippen LogP) is 2.47. The van der Waals surface area contributed by atoms with Crippen LogP contribution in [0.15, 0.2) is 0 Å². The molecule has 1 saturated carbocycles. The Bertz CT molecular complexity index is 178. The maximum Gasteiger partial charge on any atom is 0.411 e. The molecule has 5 heteroatoms. The fraction of sp³-hybridized carbons (Fsp3) is 1.00. The van der Waals surface area contributed by atoms with Gasteiger partial charge < -0.3 is 10.5 Å². The lowest BCUT2D eigenvalue weighted by molar-refractivity contribution is -0.174. The molecule has 15 heavy (non-hydrogen) atoms. The zero-order chi connectivity index (χ0) is 11.3. The minimum Gasteiger partial charge on any atom is -0.372 e. The van der Waals surface area contributed by atoms with Gasteiger partial charge in [-0.1, -0.05) is 12.8 Å². The molecule has 0 radical (unpaired) electrons. The average Bonchev–Trinajstić information content (AvgIpc) is 2.63. The highest BCUT2D eigenvalue weighted by Crippen LogP contribution is 2.28. The molecule has 0 amide bonds.